The van der Waals surface area contributed by atoms with Crippen LogP contribution in [-0.4, -0.2) is 6.41 Å². The monoisotopic (exact) mass is 195 g/mol. The SMILES string of the molecule is CC(C)C(NC=O)c1ccc(F)cc1. The topological polar surface area (TPSA) is 29.1 Å². The standard InChI is InChI=1S/C11H14FNO/c1-8(2)11(13-7-14)9-3-5-10(12)6-4-9/h3-8,11H,1-2H3,(H,13,14). The Hall–Kier alpha value is -1.38. The first-order valence-corrected chi connectivity index (χ1v) is 4.60. The Morgan fingerprint density at radius 3 is 2.29 bits per heavy atom. The second kappa shape index (κ2) is 4.74. The highest BCUT2D eigenvalue weighted by atomic mass is 19.1. The van der Waals surface area contributed by atoms with E-state index in [4.69, 9.17) is 0 Å². The fourth-order valence-corrected chi connectivity index (χ4v) is 1.42. The van der Waals surface area contributed by atoms with E-state index in [0.29, 0.717) is 6.41 Å². The van der Waals surface area contributed by atoms with Gasteiger partial charge in [-0.15, -0.1) is 0 Å². The Labute approximate surface area is 83.1 Å². The van der Waals surface area contributed by atoms with Crippen molar-refractivity contribution in [2.24, 2.45) is 5.92 Å². The number of benzene rings is 1. The molecule has 1 aromatic rings. The van der Waals surface area contributed by atoms with Crippen LogP contribution in [0.2, 0.25) is 0 Å². The molecule has 76 valence electrons. The molecule has 0 aliphatic rings. The van der Waals surface area contributed by atoms with Gasteiger partial charge in [-0.05, 0) is 23.6 Å². The summed E-state index contributed by atoms with van der Waals surface area (Å²) in [4.78, 5) is 10.4. The summed E-state index contributed by atoms with van der Waals surface area (Å²) in [5, 5.41) is 2.71. The van der Waals surface area contributed by atoms with Crippen LogP contribution in [-0.2, 0) is 4.79 Å². The van der Waals surface area contributed by atoms with Crippen molar-refractivity contribution in [1.82, 2.24) is 5.32 Å². The van der Waals surface area contributed by atoms with Gasteiger partial charge in [0.15, 0.2) is 0 Å². The molecule has 0 aliphatic carbocycles. The van der Waals surface area contributed by atoms with E-state index in [-0.39, 0.29) is 17.8 Å². The van der Waals surface area contributed by atoms with Gasteiger partial charge in [-0.1, -0.05) is 26.0 Å². The largest absolute Gasteiger partial charge is 0.352 e. The van der Waals surface area contributed by atoms with Gasteiger partial charge in [0.25, 0.3) is 0 Å². The zero-order chi connectivity index (χ0) is 10.6. The summed E-state index contributed by atoms with van der Waals surface area (Å²) in [6.07, 6.45) is 0.675. The summed E-state index contributed by atoms with van der Waals surface area (Å²) in [6.45, 7) is 4.01. The predicted octanol–water partition coefficient (Wildman–Crippen LogP) is 2.27. The number of nitrogens with one attached hydrogen (secondary N) is 1. The van der Waals surface area contributed by atoms with Gasteiger partial charge in [0.1, 0.15) is 5.82 Å². The van der Waals surface area contributed by atoms with Gasteiger partial charge >= 0.3 is 0 Å². The van der Waals surface area contributed by atoms with E-state index in [1.165, 1.54) is 12.1 Å². The Morgan fingerprint density at radius 2 is 1.86 bits per heavy atom. The van der Waals surface area contributed by atoms with Crippen LogP contribution in [0.4, 0.5) is 4.39 Å². The molecule has 0 aromatic heterocycles. The third-order valence-corrected chi connectivity index (χ3v) is 2.14. The number of rotatable bonds is 4. The van der Waals surface area contributed by atoms with Crippen LogP contribution in [0.15, 0.2) is 24.3 Å². The van der Waals surface area contributed by atoms with Crippen LogP contribution in [0.25, 0.3) is 0 Å². The maximum Gasteiger partial charge on any atom is 0.207 e. The lowest BCUT2D eigenvalue weighted by molar-refractivity contribution is -0.110. The summed E-state index contributed by atoms with van der Waals surface area (Å²) in [7, 11) is 0. The fourth-order valence-electron chi connectivity index (χ4n) is 1.42. The molecule has 1 N–H and O–H groups in total. The van der Waals surface area contributed by atoms with Crippen LogP contribution in [0.5, 0.6) is 0 Å². The molecule has 0 spiro atoms. The molecular formula is C11H14FNO. The van der Waals surface area contributed by atoms with Crippen LogP contribution >= 0.6 is 0 Å². The lowest BCUT2D eigenvalue weighted by Gasteiger charge is -2.20. The molecule has 0 saturated carbocycles. The van der Waals surface area contributed by atoms with Crippen molar-refractivity contribution in [3.05, 3.63) is 35.6 Å². The summed E-state index contributed by atoms with van der Waals surface area (Å²) in [6, 6.07) is 6.13. The maximum absolute atomic E-state index is 12.6. The molecule has 3 heteroatoms. The molecule has 1 atom stereocenters. The Kier molecular flexibility index (Phi) is 3.63. The number of amides is 1. The first-order valence-electron chi connectivity index (χ1n) is 4.60. The number of carbonyl (C=O) groups is 1. The molecule has 0 fully saturated rings. The number of hydrogen-bond acceptors (Lipinski definition) is 1. The van der Waals surface area contributed by atoms with Gasteiger partial charge in [-0.25, -0.2) is 4.39 Å². The zero-order valence-electron chi connectivity index (χ0n) is 8.33. The summed E-state index contributed by atoms with van der Waals surface area (Å²) in [5.41, 5.74) is 0.925. The Bertz CT molecular complexity index is 295. The average molecular weight is 195 g/mol. The molecule has 0 bridgehead atoms. The molecule has 0 aliphatic heterocycles. The molecule has 1 unspecified atom stereocenters. The molecule has 0 saturated heterocycles. The number of halogens is 1. The van der Waals surface area contributed by atoms with Crippen molar-refractivity contribution in [3.63, 3.8) is 0 Å². The Morgan fingerprint density at radius 1 is 1.29 bits per heavy atom. The number of carbonyl (C=O) groups excluding carboxylic acids is 1. The lowest BCUT2D eigenvalue weighted by atomic mass is 9.96. The third kappa shape index (κ3) is 2.55. The van der Waals surface area contributed by atoms with E-state index in [1.807, 2.05) is 13.8 Å². The first kappa shape index (κ1) is 10.7. The Balaban J connectivity index is 2.87. The minimum absolute atomic E-state index is 0.0481. The molecule has 1 aromatic carbocycles. The van der Waals surface area contributed by atoms with Crippen LogP contribution in [0.1, 0.15) is 25.5 Å². The van der Waals surface area contributed by atoms with Crippen molar-refractivity contribution < 1.29 is 9.18 Å². The van der Waals surface area contributed by atoms with Crippen LogP contribution in [0.3, 0.4) is 0 Å². The van der Waals surface area contributed by atoms with Crippen molar-refractivity contribution >= 4 is 6.41 Å². The van der Waals surface area contributed by atoms with E-state index in [0.717, 1.165) is 5.56 Å². The van der Waals surface area contributed by atoms with Gasteiger partial charge in [0.2, 0.25) is 6.41 Å². The van der Waals surface area contributed by atoms with E-state index in [2.05, 4.69) is 5.32 Å². The second-order valence-electron chi connectivity index (χ2n) is 3.56. The predicted molar refractivity (Wildman–Crippen MR) is 53.2 cm³/mol. The van der Waals surface area contributed by atoms with Gasteiger partial charge in [-0.2, -0.15) is 0 Å². The van der Waals surface area contributed by atoms with E-state index in [1.54, 1.807) is 12.1 Å². The summed E-state index contributed by atoms with van der Waals surface area (Å²) >= 11 is 0. The molecule has 0 heterocycles. The minimum atomic E-state index is -0.262. The van der Waals surface area contributed by atoms with Crippen molar-refractivity contribution in [3.8, 4) is 0 Å². The summed E-state index contributed by atoms with van der Waals surface area (Å²) < 4.78 is 12.6. The van der Waals surface area contributed by atoms with Crippen LogP contribution < -0.4 is 5.32 Å². The molecule has 0 radical (unpaired) electrons. The number of hydrogen-bond donors (Lipinski definition) is 1. The summed E-state index contributed by atoms with van der Waals surface area (Å²) in [5.74, 6) is 0.0213. The van der Waals surface area contributed by atoms with Gasteiger partial charge < -0.3 is 5.32 Å². The smallest absolute Gasteiger partial charge is 0.207 e. The van der Waals surface area contributed by atoms with E-state index < -0.39 is 0 Å². The fraction of sp³-hybridized carbons (Fsp3) is 0.364. The highest BCUT2D eigenvalue weighted by Crippen LogP contribution is 2.20. The van der Waals surface area contributed by atoms with Crippen molar-refractivity contribution in [1.29, 1.82) is 0 Å². The lowest BCUT2D eigenvalue weighted by Crippen LogP contribution is -2.24. The highest BCUT2D eigenvalue weighted by Gasteiger charge is 2.14. The molecule has 14 heavy (non-hydrogen) atoms. The van der Waals surface area contributed by atoms with Crippen LogP contribution in [0, 0.1) is 11.7 Å². The normalized spacial score (nSPS) is 12.6. The molecule has 2 nitrogen and oxygen atoms in total. The highest BCUT2D eigenvalue weighted by molar-refractivity contribution is 5.47. The van der Waals surface area contributed by atoms with Gasteiger partial charge in [0.05, 0.1) is 6.04 Å². The van der Waals surface area contributed by atoms with E-state index >= 15 is 0 Å². The van der Waals surface area contributed by atoms with Crippen molar-refractivity contribution in [2.75, 3.05) is 0 Å². The molecule has 1 rings (SSSR count). The quantitative estimate of drug-likeness (QED) is 0.734. The van der Waals surface area contributed by atoms with Gasteiger partial charge in [-0.3, -0.25) is 4.79 Å². The molecular weight excluding hydrogens is 181 g/mol. The zero-order valence-corrected chi connectivity index (χ0v) is 8.33. The molecule has 1 amide bonds. The second-order valence-corrected chi connectivity index (χ2v) is 3.56. The minimum Gasteiger partial charge on any atom is -0.352 e. The van der Waals surface area contributed by atoms with E-state index in [9.17, 15) is 9.18 Å². The van der Waals surface area contributed by atoms with Gasteiger partial charge in [0, 0.05) is 0 Å². The first-order chi connectivity index (χ1) is 6.65. The van der Waals surface area contributed by atoms with Crippen molar-refractivity contribution in [2.45, 2.75) is 19.9 Å². The average Bonchev–Trinajstić information content (AvgIpc) is 2.15. The maximum atomic E-state index is 12.6. The third-order valence-electron chi connectivity index (χ3n) is 2.14.